The van der Waals surface area contributed by atoms with Gasteiger partial charge in [0.25, 0.3) is 5.91 Å². The Morgan fingerprint density at radius 2 is 2.56 bits per heavy atom. The van der Waals surface area contributed by atoms with Gasteiger partial charge in [-0.1, -0.05) is 6.92 Å². The molecule has 18 heavy (non-hydrogen) atoms. The molecule has 0 unspecified atom stereocenters. The highest BCUT2D eigenvalue weighted by Crippen LogP contribution is 2.15. The molecule has 0 spiro atoms. The van der Waals surface area contributed by atoms with Crippen molar-refractivity contribution in [3.05, 3.63) is 18.0 Å². The summed E-state index contributed by atoms with van der Waals surface area (Å²) in [6.45, 7) is 6.52. The number of hydrogen-bond acceptors (Lipinski definition) is 3. The lowest BCUT2D eigenvalue weighted by Crippen LogP contribution is -2.36. The molecule has 1 amide bonds. The predicted molar refractivity (Wildman–Crippen MR) is 70.4 cm³/mol. The number of hydrogen-bond donors (Lipinski definition) is 2. The molecule has 1 atom stereocenters. The smallest absolute Gasteiger partial charge is 0.269 e. The molecule has 2 N–H and O–H groups in total. The maximum atomic E-state index is 11.6. The van der Waals surface area contributed by atoms with Crippen LogP contribution in [0.25, 0.3) is 0 Å². The van der Waals surface area contributed by atoms with Crippen molar-refractivity contribution in [3.63, 3.8) is 0 Å². The van der Waals surface area contributed by atoms with Gasteiger partial charge in [0.05, 0.1) is 0 Å². The molecule has 1 fully saturated rings. The first-order valence-electron chi connectivity index (χ1n) is 6.75. The lowest BCUT2D eigenvalue weighted by molar-refractivity contribution is 0.0945. The molecule has 0 radical (unpaired) electrons. The number of aromatic nitrogens is 2. The van der Waals surface area contributed by atoms with Crippen molar-refractivity contribution in [3.8, 4) is 0 Å². The van der Waals surface area contributed by atoms with Gasteiger partial charge in [0.15, 0.2) is 0 Å². The number of likely N-dealkylation sites (tertiary alicyclic amines) is 1. The normalized spacial score (nSPS) is 20.8. The van der Waals surface area contributed by atoms with Crippen molar-refractivity contribution in [1.29, 1.82) is 0 Å². The van der Waals surface area contributed by atoms with E-state index in [-0.39, 0.29) is 5.91 Å². The van der Waals surface area contributed by atoms with Gasteiger partial charge in [-0.15, -0.1) is 0 Å². The third-order valence-corrected chi connectivity index (χ3v) is 3.42. The zero-order valence-corrected chi connectivity index (χ0v) is 11.0. The molecule has 1 aromatic heterocycles. The summed E-state index contributed by atoms with van der Waals surface area (Å²) in [6, 6.07) is 1.68. The van der Waals surface area contributed by atoms with Crippen LogP contribution in [0.4, 0.5) is 0 Å². The number of rotatable bonds is 5. The second-order valence-corrected chi connectivity index (χ2v) is 5.13. The van der Waals surface area contributed by atoms with E-state index in [0.717, 1.165) is 25.4 Å². The van der Waals surface area contributed by atoms with E-state index in [1.54, 1.807) is 12.3 Å². The van der Waals surface area contributed by atoms with Crippen LogP contribution in [-0.4, -0.2) is 47.2 Å². The highest BCUT2D eigenvalue weighted by molar-refractivity contribution is 5.91. The zero-order valence-electron chi connectivity index (χ0n) is 11.0. The maximum absolute atomic E-state index is 11.6. The molecule has 1 aromatic rings. The molecule has 0 aromatic carbocycles. The van der Waals surface area contributed by atoms with Crippen LogP contribution >= 0.6 is 0 Å². The van der Waals surface area contributed by atoms with Gasteiger partial charge in [0.1, 0.15) is 5.69 Å². The molecule has 100 valence electrons. The molecule has 0 saturated carbocycles. The molecule has 1 saturated heterocycles. The van der Waals surface area contributed by atoms with Gasteiger partial charge in [0.2, 0.25) is 0 Å². The van der Waals surface area contributed by atoms with Crippen molar-refractivity contribution in [2.75, 3.05) is 26.2 Å². The number of aromatic amines is 1. The molecule has 1 aliphatic heterocycles. The Hall–Kier alpha value is -1.36. The summed E-state index contributed by atoms with van der Waals surface area (Å²) in [5, 5.41) is 9.32. The van der Waals surface area contributed by atoms with Crippen LogP contribution in [0.3, 0.4) is 0 Å². The van der Waals surface area contributed by atoms with Crippen molar-refractivity contribution in [2.45, 2.75) is 26.2 Å². The van der Waals surface area contributed by atoms with E-state index in [2.05, 4.69) is 27.3 Å². The minimum absolute atomic E-state index is 0.0699. The Labute approximate surface area is 108 Å². The summed E-state index contributed by atoms with van der Waals surface area (Å²) in [6.07, 6.45) is 5.26. The van der Waals surface area contributed by atoms with Gasteiger partial charge < -0.3 is 10.2 Å². The van der Waals surface area contributed by atoms with E-state index in [1.165, 1.54) is 25.9 Å². The zero-order chi connectivity index (χ0) is 12.8. The topological polar surface area (TPSA) is 61.0 Å². The van der Waals surface area contributed by atoms with E-state index >= 15 is 0 Å². The predicted octanol–water partition coefficient (Wildman–Crippen LogP) is 1.26. The maximum Gasteiger partial charge on any atom is 0.269 e. The van der Waals surface area contributed by atoms with E-state index in [1.807, 2.05) is 0 Å². The summed E-state index contributed by atoms with van der Waals surface area (Å²) in [7, 11) is 0. The molecular formula is C13H22N4O. The number of carbonyl (C=O) groups is 1. The molecule has 5 nitrogen and oxygen atoms in total. The molecule has 0 aliphatic carbocycles. The van der Waals surface area contributed by atoms with E-state index < -0.39 is 0 Å². The van der Waals surface area contributed by atoms with Crippen LogP contribution < -0.4 is 5.32 Å². The monoisotopic (exact) mass is 250 g/mol. The summed E-state index contributed by atoms with van der Waals surface area (Å²) in [4.78, 5) is 14.1. The SMILES string of the molecule is C[C@@H]1CCCN(CCCNC(=O)c2ccn[nH]2)C1. The number of nitrogens with one attached hydrogen (secondary N) is 2. The van der Waals surface area contributed by atoms with Gasteiger partial charge in [-0.3, -0.25) is 9.89 Å². The fraction of sp³-hybridized carbons (Fsp3) is 0.692. The van der Waals surface area contributed by atoms with Crippen molar-refractivity contribution in [1.82, 2.24) is 20.4 Å². The summed E-state index contributed by atoms with van der Waals surface area (Å²) in [5.74, 6) is 0.748. The Kier molecular flexibility index (Phi) is 4.75. The van der Waals surface area contributed by atoms with Crippen LogP contribution in [0.15, 0.2) is 12.3 Å². The second kappa shape index (κ2) is 6.54. The van der Waals surface area contributed by atoms with Crippen LogP contribution in [0.2, 0.25) is 0 Å². The Morgan fingerprint density at radius 3 is 3.28 bits per heavy atom. The average molecular weight is 250 g/mol. The van der Waals surface area contributed by atoms with Gasteiger partial charge in [-0.2, -0.15) is 5.10 Å². The molecule has 2 rings (SSSR count). The largest absolute Gasteiger partial charge is 0.351 e. The standard InChI is InChI=1S/C13H22N4O/c1-11-4-2-8-17(10-11)9-3-6-14-13(18)12-5-7-15-16-12/h5,7,11H,2-4,6,8-10H2,1H3,(H,14,18)(H,15,16)/t11-/m1/s1. The molecule has 5 heteroatoms. The number of piperidine rings is 1. The number of amides is 1. The van der Waals surface area contributed by atoms with Gasteiger partial charge in [-0.25, -0.2) is 0 Å². The first-order chi connectivity index (χ1) is 8.75. The van der Waals surface area contributed by atoms with Gasteiger partial charge in [0, 0.05) is 19.3 Å². The number of H-pyrrole nitrogens is 1. The van der Waals surface area contributed by atoms with Gasteiger partial charge >= 0.3 is 0 Å². The summed E-state index contributed by atoms with van der Waals surface area (Å²) >= 11 is 0. The average Bonchev–Trinajstić information content (AvgIpc) is 2.88. The van der Waals surface area contributed by atoms with Crippen molar-refractivity contribution in [2.24, 2.45) is 5.92 Å². The first kappa shape index (κ1) is 13.1. The lowest BCUT2D eigenvalue weighted by atomic mass is 10.0. The number of nitrogens with zero attached hydrogens (tertiary/aromatic N) is 2. The van der Waals surface area contributed by atoms with Crippen molar-refractivity contribution < 1.29 is 4.79 Å². The fourth-order valence-electron chi connectivity index (χ4n) is 2.47. The van der Waals surface area contributed by atoms with E-state index in [0.29, 0.717) is 5.69 Å². The quantitative estimate of drug-likeness (QED) is 0.773. The van der Waals surface area contributed by atoms with E-state index in [9.17, 15) is 4.79 Å². The Morgan fingerprint density at radius 1 is 1.67 bits per heavy atom. The van der Waals surface area contributed by atoms with Crippen molar-refractivity contribution >= 4 is 5.91 Å². The third kappa shape index (κ3) is 3.84. The second-order valence-electron chi connectivity index (χ2n) is 5.13. The molecule has 2 heterocycles. The Bertz CT molecular complexity index is 363. The van der Waals surface area contributed by atoms with Crippen LogP contribution in [0.5, 0.6) is 0 Å². The highest BCUT2D eigenvalue weighted by Gasteiger charge is 2.15. The Balaban J connectivity index is 1.60. The minimum Gasteiger partial charge on any atom is -0.351 e. The van der Waals surface area contributed by atoms with Gasteiger partial charge in [-0.05, 0) is 44.3 Å². The summed E-state index contributed by atoms with van der Waals surface area (Å²) < 4.78 is 0. The van der Waals surface area contributed by atoms with Crippen LogP contribution in [0, 0.1) is 5.92 Å². The molecule has 0 bridgehead atoms. The minimum atomic E-state index is -0.0699. The fourth-order valence-corrected chi connectivity index (χ4v) is 2.47. The lowest BCUT2D eigenvalue weighted by Gasteiger charge is -2.30. The summed E-state index contributed by atoms with van der Waals surface area (Å²) in [5.41, 5.74) is 0.529. The molecular weight excluding hydrogens is 228 g/mol. The number of carbonyl (C=O) groups excluding carboxylic acids is 1. The highest BCUT2D eigenvalue weighted by atomic mass is 16.1. The van der Waals surface area contributed by atoms with E-state index in [4.69, 9.17) is 0 Å². The third-order valence-electron chi connectivity index (χ3n) is 3.42. The van der Waals surface area contributed by atoms with Crippen LogP contribution in [-0.2, 0) is 0 Å². The molecule has 1 aliphatic rings. The van der Waals surface area contributed by atoms with Crippen LogP contribution in [0.1, 0.15) is 36.7 Å². The first-order valence-corrected chi connectivity index (χ1v) is 6.75.